The van der Waals surface area contributed by atoms with Gasteiger partial charge in [-0.25, -0.2) is 4.79 Å². The second kappa shape index (κ2) is 11.4. The molecule has 1 saturated carbocycles. The summed E-state index contributed by atoms with van der Waals surface area (Å²) in [4.78, 5) is 28.9. The lowest BCUT2D eigenvalue weighted by Gasteiger charge is -2.51. The molecular weight excluding hydrogens is 482 g/mol. The Hall–Kier alpha value is -3.06. The van der Waals surface area contributed by atoms with Crippen molar-refractivity contribution in [1.82, 2.24) is 4.90 Å². The van der Waals surface area contributed by atoms with E-state index in [4.69, 9.17) is 14.2 Å². The molecule has 2 aromatic carbocycles. The molecule has 0 aromatic heterocycles. The first-order valence-corrected chi connectivity index (χ1v) is 13.6. The van der Waals surface area contributed by atoms with Gasteiger partial charge in [0.25, 0.3) is 0 Å². The molecule has 0 spiro atoms. The van der Waals surface area contributed by atoms with Gasteiger partial charge in [-0.05, 0) is 79.3 Å². The maximum atomic E-state index is 13.7. The van der Waals surface area contributed by atoms with E-state index in [1.807, 2.05) is 48.5 Å². The molecule has 3 unspecified atom stereocenters. The van der Waals surface area contributed by atoms with Gasteiger partial charge in [0.1, 0.15) is 23.6 Å². The van der Waals surface area contributed by atoms with Crippen molar-refractivity contribution < 1.29 is 28.9 Å². The summed E-state index contributed by atoms with van der Waals surface area (Å²) in [6, 6.07) is 13.5. The van der Waals surface area contributed by atoms with Gasteiger partial charge >= 0.3 is 5.97 Å². The Kier molecular flexibility index (Phi) is 8.36. The lowest BCUT2D eigenvalue weighted by atomic mass is 9.67. The molecule has 206 valence electrons. The number of carbonyl (C=O) groups excluding carboxylic acids is 2. The van der Waals surface area contributed by atoms with Gasteiger partial charge in [-0.1, -0.05) is 45.0 Å². The standard InChI is InChI=1S/C31H41NO6/c1-19(2)31(4)17-7-8-25(18-31)38-30(35)28-26(20(3)33)29(34)32(28)27(21-9-13-23(36-5)14-10-21)22-11-15-24(37-6)16-12-22/h9-16,19-20,25-28,33H,7-8,17-18H2,1-6H3/t20?,25?,26-,28+,31?/m1/s1. The number of esters is 1. The Balaban J connectivity index is 1.67. The average Bonchev–Trinajstić information content (AvgIpc) is 2.89. The molecule has 0 radical (unpaired) electrons. The number of aliphatic hydroxyl groups is 1. The number of benzene rings is 2. The van der Waals surface area contributed by atoms with Crippen LogP contribution in [0.4, 0.5) is 0 Å². The first-order valence-electron chi connectivity index (χ1n) is 13.6. The molecule has 7 nitrogen and oxygen atoms in total. The molecule has 5 atom stereocenters. The predicted octanol–water partition coefficient (Wildman–Crippen LogP) is 5.15. The summed E-state index contributed by atoms with van der Waals surface area (Å²) in [6.07, 6.45) is 2.55. The van der Waals surface area contributed by atoms with E-state index < -0.39 is 30.1 Å². The smallest absolute Gasteiger partial charge is 0.330 e. The van der Waals surface area contributed by atoms with E-state index in [-0.39, 0.29) is 17.4 Å². The van der Waals surface area contributed by atoms with Gasteiger partial charge in [0.2, 0.25) is 5.91 Å². The lowest BCUT2D eigenvalue weighted by Crippen LogP contribution is -2.68. The SMILES string of the molecule is COc1ccc(C(c2ccc(OC)cc2)N2C(=O)[C@H](C(C)O)[C@H]2C(=O)OC2CCCC(C)(C(C)C)C2)cc1. The summed E-state index contributed by atoms with van der Waals surface area (Å²) < 4.78 is 16.8. The third-order valence-electron chi connectivity index (χ3n) is 8.73. The number of ether oxygens (including phenoxy) is 3. The minimum Gasteiger partial charge on any atom is -0.497 e. The number of β-lactam (4-membered cyclic amide) rings is 1. The van der Waals surface area contributed by atoms with Gasteiger partial charge < -0.3 is 24.2 Å². The van der Waals surface area contributed by atoms with Crippen LogP contribution in [0.25, 0.3) is 0 Å². The maximum absolute atomic E-state index is 13.7. The number of likely N-dealkylation sites (tertiary alicyclic amines) is 1. The highest BCUT2D eigenvalue weighted by atomic mass is 16.5. The van der Waals surface area contributed by atoms with Crippen molar-refractivity contribution in [1.29, 1.82) is 0 Å². The third-order valence-corrected chi connectivity index (χ3v) is 8.73. The minimum absolute atomic E-state index is 0.108. The van der Waals surface area contributed by atoms with Crippen LogP contribution in [0.3, 0.4) is 0 Å². The fraction of sp³-hybridized carbons (Fsp3) is 0.548. The van der Waals surface area contributed by atoms with Crippen LogP contribution in [0.5, 0.6) is 11.5 Å². The number of amides is 1. The molecule has 1 aliphatic carbocycles. The van der Waals surface area contributed by atoms with Gasteiger partial charge in [-0.3, -0.25) is 4.79 Å². The topological polar surface area (TPSA) is 85.3 Å². The van der Waals surface area contributed by atoms with Crippen LogP contribution in [0, 0.1) is 17.3 Å². The van der Waals surface area contributed by atoms with Crippen LogP contribution in [-0.2, 0) is 14.3 Å². The van der Waals surface area contributed by atoms with E-state index in [0.29, 0.717) is 17.4 Å². The predicted molar refractivity (Wildman–Crippen MR) is 145 cm³/mol. The van der Waals surface area contributed by atoms with Crippen LogP contribution < -0.4 is 9.47 Å². The molecule has 38 heavy (non-hydrogen) atoms. The summed E-state index contributed by atoms with van der Waals surface area (Å²) in [5, 5.41) is 10.5. The first-order chi connectivity index (χ1) is 18.1. The normalized spacial score (nSPS) is 26.2. The van der Waals surface area contributed by atoms with Crippen molar-refractivity contribution in [2.75, 3.05) is 14.2 Å². The highest BCUT2D eigenvalue weighted by molar-refractivity contribution is 5.98. The molecule has 1 saturated heterocycles. The van der Waals surface area contributed by atoms with Crippen molar-refractivity contribution in [2.24, 2.45) is 17.3 Å². The molecule has 1 heterocycles. The number of hydrogen-bond acceptors (Lipinski definition) is 6. The van der Waals surface area contributed by atoms with Crippen LogP contribution in [-0.4, -0.2) is 54.4 Å². The van der Waals surface area contributed by atoms with Gasteiger partial charge in [-0.2, -0.15) is 0 Å². The van der Waals surface area contributed by atoms with E-state index in [0.717, 1.165) is 36.8 Å². The van der Waals surface area contributed by atoms with Crippen LogP contribution in [0.2, 0.25) is 0 Å². The monoisotopic (exact) mass is 523 g/mol. The van der Waals surface area contributed by atoms with E-state index >= 15 is 0 Å². The number of carbonyl (C=O) groups is 2. The third kappa shape index (κ3) is 5.39. The quantitative estimate of drug-likeness (QED) is 0.362. The maximum Gasteiger partial charge on any atom is 0.330 e. The van der Waals surface area contributed by atoms with Crippen molar-refractivity contribution in [3.8, 4) is 11.5 Å². The Morgan fingerprint density at radius 1 is 0.974 bits per heavy atom. The Morgan fingerprint density at radius 2 is 1.50 bits per heavy atom. The van der Waals surface area contributed by atoms with Crippen molar-refractivity contribution in [3.63, 3.8) is 0 Å². The Morgan fingerprint density at radius 3 is 1.95 bits per heavy atom. The van der Waals surface area contributed by atoms with E-state index in [2.05, 4.69) is 20.8 Å². The largest absolute Gasteiger partial charge is 0.497 e. The summed E-state index contributed by atoms with van der Waals surface area (Å²) in [6.45, 7) is 8.26. The summed E-state index contributed by atoms with van der Waals surface area (Å²) in [5.74, 6) is 0.308. The minimum atomic E-state index is -0.976. The van der Waals surface area contributed by atoms with E-state index in [1.165, 1.54) is 0 Å². The highest BCUT2D eigenvalue weighted by Crippen LogP contribution is 2.45. The molecule has 1 aliphatic heterocycles. The van der Waals surface area contributed by atoms with Crippen molar-refractivity contribution >= 4 is 11.9 Å². The van der Waals surface area contributed by atoms with Crippen LogP contribution in [0.1, 0.15) is 70.5 Å². The number of nitrogens with zero attached hydrogens (tertiary/aromatic N) is 1. The van der Waals surface area contributed by atoms with E-state index in [1.54, 1.807) is 26.0 Å². The van der Waals surface area contributed by atoms with Crippen molar-refractivity contribution in [2.45, 2.75) is 77.7 Å². The number of methoxy groups -OCH3 is 2. The lowest BCUT2D eigenvalue weighted by molar-refractivity contribution is -0.188. The number of hydrogen-bond donors (Lipinski definition) is 1. The molecule has 1 N–H and O–H groups in total. The summed E-state index contributed by atoms with van der Waals surface area (Å²) in [7, 11) is 3.20. The summed E-state index contributed by atoms with van der Waals surface area (Å²) >= 11 is 0. The molecule has 1 amide bonds. The molecule has 2 fully saturated rings. The van der Waals surface area contributed by atoms with Gasteiger partial charge in [0, 0.05) is 0 Å². The highest BCUT2D eigenvalue weighted by Gasteiger charge is 2.57. The molecule has 7 heteroatoms. The second-order valence-electron chi connectivity index (χ2n) is 11.4. The first kappa shape index (κ1) is 28.0. The average molecular weight is 524 g/mol. The van der Waals surface area contributed by atoms with Crippen molar-refractivity contribution in [3.05, 3.63) is 59.7 Å². The van der Waals surface area contributed by atoms with Gasteiger partial charge in [0.05, 0.1) is 32.3 Å². The van der Waals surface area contributed by atoms with Crippen LogP contribution >= 0.6 is 0 Å². The molecular formula is C31H41NO6. The fourth-order valence-electron chi connectivity index (χ4n) is 5.96. The zero-order chi connectivity index (χ0) is 27.6. The Labute approximate surface area is 226 Å². The number of rotatable bonds is 9. The summed E-state index contributed by atoms with van der Waals surface area (Å²) in [5.41, 5.74) is 1.77. The molecule has 0 bridgehead atoms. The zero-order valence-electron chi connectivity index (χ0n) is 23.3. The zero-order valence-corrected chi connectivity index (χ0v) is 23.3. The Bertz CT molecular complexity index is 1060. The molecule has 2 aromatic rings. The van der Waals surface area contributed by atoms with Gasteiger partial charge in [-0.15, -0.1) is 0 Å². The van der Waals surface area contributed by atoms with Gasteiger partial charge in [0.15, 0.2) is 0 Å². The van der Waals surface area contributed by atoms with E-state index in [9.17, 15) is 14.7 Å². The molecule has 2 aliphatic rings. The molecule has 4 rings (SSSR count). The number of aliphatic hydroxyl groups excluding tert-OH is 1. The fourth-order valence-corrected chi connectivity index (χ4v) is 5.96. The second-order valence-corrected chi connectivity index (χ2v) is 11.4. The van der Waals surface area contributed by atoms with Crippen LogP contribution in [0.15, 0.2) is 48.5 Å².